The lowest BCUT2D eigenvalue weighted by atomic mass is 10.1. The SMILES string of the molecule is CCCN1C(=O)C2C(NC3N(Cc4ccccc4)CCCN23)N(C)C1=O. The van der Waals surface area contributed by atoms with Crippen LogP contribution in [0.25, 0.3) is 0 Å². The Labute approximate surface area is 154 Å². The van der Waals surface area contributed by atoms with Crippen molar-refractivity contribution in [3.05, 3.63) is 35.9 Å². The summed E-state index contributed by atoms with van der Waals surface area (Å²) in [5.74, 6) is -0.0588. The average molecular weight is 357 g/mol. The molecular formula is C19H27N5O2. The number of benzene rings is 1. The molecule has 1 N–H and O–H groups in total. The minimum Gasteiger partial charge on any atom is -0.310 e. The van der Waals surface area contributed by atoms with Gasteiger partial charge in [0.2, 0.25) is 0 Å². The van der Waals surface area contributed by atoms with Gasteiger partial charge in [-0.3, -0.25) is 24.8 Å². The van der Waals surface area contributed by atoms with Gasteiger partial charge in [-0.15, -0.1) is 0 Å². The minimum absolute atomic E-state index is 0.0141. The van der Waals surface area contributed by atoms with Gasteiger partial charge >= 0.3 is 6.03 Å². The first-order valence-electron chi connectivity index (χ1n) is 9.49. The highest BCUT2D eigenvalue weighted by molar-refractivity contribution is 6.00. The number of carbonyl (C=O) groups is 2. The summed E-state index contributed by atoms with van der Waals surface area (Å²) < 4.78 is 0. The number of urea groups is 1. The van der Waals surface area contributed by atoms with Crippen LogP contribution in [-0.4, -0.2) is 76.7 Å². The van der Waals surface area contributed by atoms with Crippen LogP contribution >= 0.6 is 0 Å². The number of nitrogens with zero attached hydrogens (tertiary/aromatic N) is 4. The van der Waals surface area contributed by atoms with E-state index in [-0.39, 0.29) is 30.4 Å². The van der Waals surface area contributed by atoms with Crippen molar-refractivity contribution >= 4 is 11.9 Å². The van der Waals surface area contributed by atoms with E-state index in [1.54, 1.807) is 11.9 Å². The van der Waals surface area contributed by atoms with Crippen molar-refractivity contribution in [3.63, 3.8) is 0 Å². The number of fused-ring (bicyclic) bond motifs is 3. The first kappa shape index (κ1) is 17.5. The van der Waals surface area contributed by atoms with Crippen molar-refractivity contribution in [2.24, 2.45) is 0 Å². The van der Waals surface area contributed by atoms with Crippen LogP contribution < -0.4 is 5.32 Å². The number of carbonyl (C=O) groups excluding carboxylic acids is 2. The molecule has 3 atom stereocenters. The third-order valence-corrected chi connectivity index (χ3v) is 5.64. The van der Waals surface area contributed by atoms with Gasteiger partial charge in [-0.25, -0.2) is 4.79 Å². The van der Waals surface area contributed by atoms with Gasteiger partial charge in [0.1, 0.15) is 18.5 Å². The molecular weight excluding hydrogens is 330 g/mol. The second-order valence-corrected chi connectivity index (χ2v) is 7.36. The molecule has 140 valence electrons. The summed E-state index contributed by atoms with van der Waals surface area (Å²) in [7, 11) is 1.79. The molecule has 0 aromatic heterocycles. The predicted molar refractivity (Wildman–Crippen MR) is 97.8 cm³/mol. The van der Waals surface area contributed by atoms with Gasteiger partial charge in [0.15, 0.2) is 0 Å². The normalized spacial score (nSPS) is 29.8. The van der Waals surface area contributed by atoms with Gasteiger partial charge in [-0.05, 0) is 18.4 Å². The summed E-state index contributed by atoms with van der Waals surface area (Å²) in [4.78, 5) is 33.4. The Morgan fingerprint density at radius 3 is 2.65 bits per heavy atom. The van der Waals surface area contributed by atoms with E-state index in [0.29, 0.717) is 6.54 Å². The molecule has 7 heteroatoms. The highest BCUT2D eigenvalue weighted by atomic mass is 16.2. The Balaban J connectivity index is 1.58. The maximum absolute atomic E-state index is 13.1. The number of amides is 3. The molecule has 0 bridgehead atoms. The minimum atomic E-state index is -0.298. The van der Waals surface area contributed by atoms with Crippen LogP contribution in [0.1, 0.15) is 25.3 Å². The Morgan fingerprint density at radius 2 is 1.92 bits per heavy atom. The van der Waals surface area contributed by atoms with Crippen LogP contribution in [0, 0.1) is 0 Å². The Hall–Kier alpha value is -1.96. The lowest BCUT2D eigenvalue weighted by Crippen LogP contribution is -2.66. The topological polar surface area (TPSA) is 59.1 Å². The third-order valence-electron chi connectivity index (χ3n) is 5.64. The van der Waals surface area contributed by atoms with Crippen molar-refractivity contribution in [1.82, 2.24) is 24.9 Å². The van der Waals surface area contributed by atoms with Crippen molar-refractivity contribution < 1.29 is 9.59 Å². The number of hydrogen-bond acceptors (Lipinski definition) is 5. The van der Waals surface area contributed by atoms with E-state index >= 15 is 0 Å². The van der Waals surface area contributed by atoms with Crippen molar-refractivity contribution in [2.75, 3.05) is 26.7 Å². The Bertz CT molecular complexity index is 682. The first-order valence-corrected chi connectivity index (χ1v) is 9.49. The standard InChI is InChI=1S/C19H27N5O2/c1-3-10-24-17(25)15-16(21(2)19(24)26)20-18-22(11-7-12-23(15)18)13-14-8-5-4-6-9-14/h4-6,8-9,15-16,18,20H,3,7,10-13H2,1-2H3. The fourth-order valence-corrected chi connectivity index (χ4v) is 4.41. The zero-order valence-corrected chi connectivity index (χ0v) is 15.5. The molecule has 26 heavy (non-hydrogen) atoms. The van der Waals surface area contributed by atoms with Crippen LogP contribution in [0.5, 0.6) is 0 Å². The van der Waals surface area contributed by atoms with Crippen LogP contribution in [-0.2, 0) is 11.3 Å². The summed E-state index contributed by atoms with van der Waals surface area (Å²) in [6.45, 7) is 5.16. The predicted octanol–water partition coefficient (Wildman–Crippen LogP) is 1.08. The Morgan fingerprint density at radius 1 is 1.15 bits per heavy atom. The van der Waals surface area contributed by atoms with Crippen LogP contribution in [0.4, 0.5) is 4.79 Å². The van der Waals surface area contributed by atoms with Crippen molar-refractivity contribution in [3.8, 4) is 0 Å². The summed E-state index contributed by atoms with van der Waals surface area (Å²) in [5.41, 5.74) is 1.26. The van der Waals surface area contributed by atoms with Crippen LogP contribution in [0.15, 0.2) is 30.3 Å². The second-order valence-electron chi connectivity index (χ2n) is 7.36. The molecule has 7 nitrogen and oxygen atoms in total. The van der Waals surface area contributed by atoms with Crippen molar-refractivity contribution in [1.29, 1.82) is 0 Å². The molecule has 3 aliphatic rings. The zero-order chi connectivity index (χ0) is 18.3. The maximum Gasteiger partial charge on any atom is 0.327 e. The van der Waals surface area contributed by atoms with Crippen molar-refractivity contribution in [2.45, 2.75) is 44.8 Å². The molecule has 0 saturated carbocycles. The quantitative estimate of drug-likeness (QED) is 0.874. The molecule has 3 heterocycles. The summed E-state index contributed by atoms with van der Waals surface area (Å²) in [5, 5.41) is 3.55. The summed E-state index contributed by atoms with van der Waals surface area (Å²) in [6.07, 6.45) is 1.52. The molecule has 3 amide bonds. The van der Waals surface area contributed by atoms with Gasteiger partial charge in [0.25, 0.3) is 5.91 Å². The number of likely N-dealkylation sites (N-methyl/N-ethyl adjacent to an activating group) is 1. The smallest absolute Gasteiger partial charge is 0.310 e. The van der Waals surface area contributed by atoms with E-state index in [4.69, 9.17) is 0 Å². The summed E-state index contributed by atoms with van der Waals surface area (Å²) in [6, 6.07) is 9.90. The van der Waals surface area contributed by atoms with E-state index in [0.717, 1.165) is 32.5 Å². The molecule has 0 spiro atoms. The van der Waals surface area contributed by atoms with Crippen LogP contribution in [0.2, 0.25) is 0 Å². The average Bonchev–Trinajstić information content (AvgIpc) is 3.05. The highest BCUT2D eigenvalue weighted by Crippen LogP contribution is 2.31. The van der Waals surface area contributed by atoms with Gasteiger partial charge < -0.3 is 4.90 Å². The highest BCUT2D eigenvalue weighted by Gasteiger charge is 2.55. The first-order chi connectivity index (χ1) is 12.6. The van der Waals surface area contributed by atoms with E-state index < -0.39 is 0 Å². The molecule has 3 unspecified atom stereocenters. The molecule has 3 aliphatic heterocycles. The van der Waals surface area contributed by atoms with E-state index in [1.165, 1.54) is 10.5 Å². The zero-order valence-electron chi connectivity index (χ0n) is 15.5. The molecule has 0 aliphatic carbocycles. The number of rotatable bonds is 4. The van der Waals surface area contributed by atoms with Gasteiger partial charge in [-0.1, -0.05) is 37.3 Å². The molecule has 3 fully saturated rings. The lowest BCUT2D eigenvalue weighted by Gasteiger charge is -2.43. The number of imide groups is 1. The van der Waals surface area contributed by atoms with E-state index in [1.807, 2.05) is 13.0 Å². The van der Waals surface area contributed by atoms with Gasteiger partial charge in [0, 0.05) is 33.2 Å². The number of nitrogens with one attached hydrogen (secondary N) is 1. The second kappa shape index (κ2) is 6.98. The molecule has 1 aromatic rings. The van der Waals surface area contributed by atoms with Gasteiger partial charge in [0.05, 0.1) is 0 Å². The fourth-order valence-electron chi connectivity index (χ4n) is 4.41. The van der Waals surface area contributed by atoms with Gasteiger partial charge in [-0.2, -0.15) is 0 Å². The molecule has 3 saturated heterocycles. The van der Waals surface area contributed by atoms with E-state index in [9.17, 15) is 9.59 Å². The fraction of sp³-hybridized carbons (Fsp3) is 0.579. The number of hydrogen-bond donors (Lipinski definition) is 1. The lowest BCUT2D eigenvalue weighted by molar-refractivity contribution is -0.140. The largest absolute Gasteiger partial charge is 0.327 e. The van der Waals surface area contributed by atoms with Crippen LogP contribution in [0.3, 0.4) is 0 Å². The monoisotopic (exact) mass is 357 g/mol. The molecule has 0 radical (unpaired) electrons. The third kappa shape index (κ3) is 2.80. The van der Waals surface area contributed by atoms with E-state index in [2.05, 4.69) is 39.4 Å². The Kier molecular flexibility index (Phi) is 4.69. The molecule has 1 aromatic carbocycles. The maximum atomic E-state index is 13.1. The molecule has 4 rings (SSSR count). The summed E-state index contributed by atoms with van der Waals surface area (Å²) >= 11 is 0.